The van der Waals surface area contributed by atoms with Gasteiger partial charge in [-0.15, -0.1) is 0 Å². The highest BCUT2D eigenvalue weighted by Crippen LogP contribution is 2.37. The lowest BCUT2D eigenvalue weighted by atomic mass is 10.1. The van der Waals surface area contributed by atoms with Gasteiger partial charge in [0.15, 0.2) is 15.8 Å². The third-order valence-electron chi connectivity index (χ3n) is 4.39. The molecule has 2 aromatic rings. The van der Waals surface area contributed by atoms with E-state index in [1.807, 2.05) is 12.1 Å². The number of thioether (sulfide) groups is 1. The van der Waals surface area contributed by atoms with E-state index in [-0.39, 0.29) is 11.5 Å². The van der Waals surface area contributed by atoms with E-state index in [9.17, 15) is 14.7 Å². The molecular weight excluding hydrogens is 422 g/mol. The summed E-state index contributed by atoms with van der Waals surface area (Å²) in [4.78, 5) is 26.0. The van der Waals surface area contributed by atoms with Crippen molar-refractivity contribution in [3.05, 3.63) is 58.5 Å². The Balaban J connectivity index is 1.85. The molecule has 2 aromatic carbocycles. The van der Waals surface area contributed by atoms with Crippen LogP contribution in [0.2, 0.25) is 0 Å². The van der Waals surface area contributed by atoms with Crippen LogP contribution in [-0.4, -0.2) is 35.0 Å². The predicted molar refractivity (Wildman–Crippen MR) is 122 cm³/mol. The van der Waals surface area contributed by atoms with E-state index in [0.717, 1.165) is 18.4 Å². The normalized spacial score (nSPS) is 15.0. The van der Waals surface area contributed by atoms with E-state index >= 15 is 0 Å². The van der Waals surface area contributed by atoms with Gasteiger partial charge in [-0.3, -0.25) is 9.69 Å². The Morgan fingerprint density at radius 3 is 2.73 bits per heavy atom. The van der Waals surface area contributed by atoms with Crippen LogP contribution in [0.25, 0.3) is 6.08 Å². The van der Waals surface area contributed by atoms with E-state index in [2.05, 4.69) is 6.92 Å². The largest absolute Gasteiger partial charge is 0.493 e. The number of carbonyl (C=O) groups is 2. The van der Waals surface area contributed by atoms with E-state index in [4.69, 9.17) is 21.7 Å². The number of hydrogen-bond donors (Lipinski definition) is 1. The molecule has 0 spiro atoms. The molecule has 3 rings (SSSR count). The molecule has 30 heavy (non-hydrogen) atoms. The molecule has 0 aliphatic carbocycles. The first-order valence-corrected chi connectivity index (χ1v) is 10.6. The fourth-order valence-electron chi connectivity index (χ4n) is 2.84. The predicted octanol–water partition coefficient (Wildman–Crippen LogP) is 4.98. The molecule has 1 aliphatic heterocycles. The number of carboxylic acids is 1. The first kappa shape index (κ1) is 21.9. The number of amides is 1. The number of thiocarbonyl (C=S) groups is 1. The summed E-state index contributed by atoms with van der Waals surface area (Å²) in [7, 11) is 1.57. The average Bonchev–Trinajstić information content (AvgIpc) is 3.02. The van der Waals surface area contributed by atoms with Crippen LogP contribution in [-0.2, 0) is 4.79 Å². The minimum absolute atomic E-state index is 0.0916. The minimum Gasteiger partial charge on any atom is -0.493 e. The Hall–Kier alpha value is -2.84. The second kappa shape index (κ2) is 9.77. The molecule has 0 radical (unpaired) electrons. The molecule has 1 aliphatic rings. The van der Waals surface area contributed by atoms with Crippen molar-refractivity contribution in [3.8, 4) is 11.5 Å². The fourth-order valence-corrected chi connectivity index (χ4v) is 4.14. The quantitative estimate of drug-likeness (QED) is 0.350. The van der Waals surface area contributed by atoms with Crippen LogP contribution in [0.5, 0.6) is 11.5 Å². The molecule has 1 saturated heterocycles. The molecule has 0 saturated carbocycles. The van der Waals surface area contributed by atoms with Gasteiger partial charge in [0, 0.05) is 0 Å². The third-order valence-corrected chi connectivity index (χ3v) is 5.69. The number of unbranched alkanes of at least 4 members (excludes halogenated alkanes) is 1. The van der Waals surface area contributed by atoms with Gasteiger partial charge in [0.05, 0.1) is 29.9 Å². The van der Waals surface area contributed by atoms with Gasteiger partial charge in [0.1, 0.15) is 0 Å². The van der Waals surface area contributed by atoms with Gasteiger partial charge in [-0.25, -0.2) is 4.79 Å². The zero-order valence-corrected chi connectivity index (χ0v) is 18.2. The third kappa shape index (κ3) is 4.83. The molecule has 0 atom stereocenters. The second-order valence-corrected chi connectivity index (χ2v) is 8.16. The minimum atomic E-state index is -1.06. The molecule has 8 heteroatoms. The lowest BCUT2D eigenvalue weighted by Crippen LogP contribution is -2.27. The maximum atomic E-state index is 12.9. The van der Waals surface area contributed by atoms with Crippen LogP contribution < -0.4 is 14.4 Å². The molecule has 6 nitrogen and oxygen atoms in total. The molecule has 1 fully saturated rings. The van der Waals surface area contributed by atoms with Crippen molar-refractivity contribution in [2.24, 2.45) is 0 Å². The van der Waals surface area contributed by atoms with Gasteiger partial charge < -0.3 is 14.6 Å². The number of nitrogens with zero attached hydrogens (tertiary/aromatic N) is 1. The van der Waals surface area contributed by atoms with E-state index < -0.39 is 5.97 Å². The number of methoxy groups -OCH3 is 1. The summed E-state index contributed by atoms with van der Waals surface area (Å²) in [5.74, 6) is -0.119. The standard InChI is InChI=1S/C22H21NO5S2/c1-3-4-10-28-17-9-8-14(11-18(17)27-2)12-19-20(24)23(22(29)30-19)16-7-5-6-15(13-16)21(25)26/h5-9,11-13H,3-4,10H2,1-2H3,(H,25,26)/b19-12-. The fraction of sp³-hybridized carbons (Fsp3) is 0.227. The van der Waals surface area contributed by atoms with Crippen LogP contribution >= 0.6 is 24.0 Å². The number of benzene rings is 2. The zero-order chi connectivity index (χ0) is 21.7. The lowest BCUT2D eigenvalue weighted by molar-refractivity contribution is -0.113. The summed E-state index contributed by atoms with van der Waals surface area (Å²) in [5.41, 5.74) is 1.29. The van der Waals surface area contributed by atoms with Crippen LogP contribution in [0.4, 0.5) is 5.69 Å². The van der Waals surface area contributed by atoms with Gasteiger partial charge >= 0.3 is 5.97 Å². The smallest absolute Gasteiger partial charge is 0.335 e. The Morgan fingerprint density at radius 1 is 1.23 bits per heavy atom. The van der Waals surface area contributed by atoms with Crippen LogP contribution in [0.1, 0.15) is 35.7 Å². The number of carbonyl (C=O) groups excluding carboxylic acids is 1. The topological polar surface area (TPSA) is 76.1 Å². The lowest BCUT2D eigenvalue weighted by Gasteiger charge is -2.14. The first-order chi connectivity index (χ1) is 14.4. The Labute approximate surface area is 184 Å². The molecular formula is C22H21NO5S2. The van der Waals surface area contributed by atoms with Gasteiger partial charge in [0.2, 0.25) is 0 Å². The number of rotatable bonds is 8. The summed E-state index contributed by atoms with van der Waals surface area (Å²) in [6.45, 7) is 2.71. The second-order valence-electron chi connectivity index (χ2n) is 6.48. The van der Waals surface area contributed by atoms with Gasteiger partial charge in [0.25, 0.3) is 5.91 Å². The number of hydrogen-bond acceptors (Lipinski definition) is 6. The van der Waals surface area contributed by atoms with Crippen molar-refractivity contribution in [1.29, 1.82) is 0 Å². The maximum absolute atomic E-state index is 12.9. The highest BCUT2D eigenvalue weighted by Gasteiger charge is 2.33. The molecule has 0 aromatic heterocycles. The van der Waals surface area contributed by atoms with Crippen molar-refractivity contribution in [1.82, 2.24) is 0 Å². The van der Waals surface area contributed by atoms with Crippen LogP contribution in [0.15, 0.2) is 47.4 Å². The van der Waals surface area contributed by atoms with E-state index in [1.165, 1.54) is 28.8 Å². The van der Waals surface area contributed by atoms with Crippen molar-refractivity contribution in [2.75, 3.05) is 18.6 Å². The molecule has 0 bridgehead atoms. The molecule has 156 valence electrons. The van der Waals surface area contributed by atoms with E-state index in [1.54, 1.807) is 31.4 Å². The van der Waals surface area contributed by atoms with Crippen molar-refractivity contribution in [2.45, 2.75) is 19.8 Å². The maximum Gasteiger partial charge on any atom is 0.335 e. The number of carboxylic acid groups (broad SMARTS) is 1. The van der Waals surface area contributed by atoms with Gasteiger partial charge in [-0.1, -0.05) is 49.5 Å². The number of ether oxygens (including phenoxy) is 2. The summed E-state index contributed by atoms with van der Waals surface area (Å²) in [6, 6.07) is 11.6. The SMILES string of the molecule is CCCCOc1ccc(/C=C2\SC(=S)N(c3cccc(C(=O)O)c3)C2=O)cc1OC. The molecule has 1 amide bonds. The Kier molecular flexibility index (Phi) is 7.12. The van der Waals surface area contributed by atoms with Crippen molar-refractivity contribution < 1.29 is 24.2 Å². The zero-order valence-electron chi connectivity index (χ0n) is 16.6. The summed E-state index contributed by atoms with van der Waals surface area (Å²) >= 11 is 6.54. The average molecular weight is 444 g/mol. The highest BCUT2D eigenvalue weighted by atomic mass is 32.2. The first-order valence-electron chi connectivity index (χ1n) is 9.36. The van der Waals surface area contributed by atoms with Crippen molar-refractivity contribution >= 4 is 51.9 Å². The highest BCUT2D eigenvalue weighted by molar-refractivity contribution is 8.27. The van der Waals surface area contributed by atoms with Gasteiger partial charge in [-0.2, -0.15) is 0 Å². The van der Waals surface area contributed by atoms with E-state index in [0.29, 0.717) is 33.0 Å². The van der Waals surface area contributed by atoms with Crippen LogP contribution in [0, 0.1) is 0 Å². The molecule has 0 unspecified atom stereocenters. The molecule has 1 heterocycles. The Morgan fingerprint density at radius 2 is 2.03 bits per heavy atom. The number of aromatic carboxylic acids is 1. The summed E-state index contributed by atoms with van der Waals surface area (Å²) in [5, 5.41) is 9.20. The summed E-state index contributed by atoms with van der Waals surface area (Å²) < 4.78 is 11.5. The Bertz CT molecular complexity index is 1020. The van der Waals surface area contributed by atoms with Crippen LogP contribution in [0.3, 0.4) is 0 Å². The number of anilines is 1. The summed E-state index contributed by atoms with van der Waals surface area (Å²) in [6.07, 6.45) is 3.73. The molecule has 1 N–H and O–H groups in total. The monoisotopic (exact) mass is 443 g/mol. The van der Waals surface area contributed by atoms with Gasteiger partial charge in [-0.05, 0) is 48.4 Å². The van der Waals surface area contributed by atoms with Crippen molar-refractivity contribution in [3.63, 3.8) is 0 Å².